The predicted octanol–water partition coefficient (Wildman–Crippen LogP) is 2.14. The Morgan fingerprint density at radius 3 is 2.55 bits per heavy atom. The molecule has 20 heavy (non-hydrogen) atoms. The van der Waals surface area contributed by atoms with Crippen LogP contribution in [-0.2, 0) is 9.47 Å². The normalized spacial score (nSPS) is 13.0. The van der Waals surface area contributed by atoms with Gasteiger partial charge in [0.2, 0.25) is 0 Å². The highest BCUT2D eigenvalue weighted by Crippen LogP contribution is 2.22. The van der Waals surface area contributed by atoms with Crippen molar-refractivity contribution in [2.45, 2.75) is 26.2 Å². The van der Waals surface area contributed by atoms with Crippen LogP contribution in [0.15, 0.2) is 36.5 Å². The topological polar surface area (TPSA) is 69.4 Å². The van der Waals surface area contributed by atoms with E-state index in [1.165, 1.54) is 0 Å². The molecule has 2 rings (SSSR count). The molecule has 0 spiro atoms. The molecule has 1 aromatic carbocycles. The quantitative estimate of drug-likeness (QED) is 0.460. The molecule has 0 saturated carbocycles. The molecule has 0 saturated heterocycles. The van der Waals surface area contributed by atoms with Crippen molar-refractivity contribution >= 4 is 10.9 Å². The van der Waals surface area contributed by atoms with E-state index >= 15 is 0 Å². The van der Waals surface area contributed by atoms with Crippen LogP contribution in [0.25, 0.3) is 10.9 Å². The Labute approximate surface area is 119 Å². The number of ether oxygens (including phenoxy) is 2. The second-order valence-corrected chi connectivity index (χ2v) is 4.38. The van der Waals surface area contributed by atoms with E-state index in [-0.39, 0.29) is 6.04 Å². The van der Waals surface area contributed by atoms with Gasteiger partial charge in [0.25, 0.3) is 0 Å². The van der Waals surface area contributed by atoms with Gasteiger partial charge in [-0.15, -0.1) is 0 Å². The van der Waals surface area contributed by atoms with Crippen molar-refractivity contribution in [3.63, 3.8) is 0 Å². The summed E-state index contributed by atoms with van der Waals surface area (Å²) < 4.78 is 11.2. The lowest BCUT2D eigenvalue weighted by Gasteiger charge is -2.26. The number of aromatic nitrogens is 1. The molecule has 0 fully saturated rings. The highest BCUT2D eigenvalue weighted by Gasteiger charge is 2.23. The first kappa shape index (κ1) is 14.9. The second kappa shape index (κ2) is 7.31. The van der Waals surface area contributed by atoms with Gasteiger partial charge in [-0.2, -0.15) is 0 Å². The van der Waals surface area contributed by atoms with E-state index in [0.29, 0.717) is 13.2 Å². The minimum atomic E-state index is -0.432. The minimum absolute atomic E-state index is 0.257. The summed E-state index contributed by atoms with van der Waals surface area (Å²) in [5, 5.41) is 1.07. The van der Waals surface area contributed by atoms with Gasteiger partial charge < -0.3 is 9.47 Å². The van der Waals surface area contributed by atoms with Crippen molar-refractivity contribution in [3.05, 3.63) is 42.1 Å². The number of pyridine rings is 1. The molecule has 2 aromatic rings. The number of nitrogens with two attached hydrogens (primary N) is 1. The number of hydrazine groups is 1. The van der Waals surface area contributed by atoms with Gasteiger partial charge in [0.15, 0.2) is 6.29 Å². The summed E-state index contributed by atoms with van der Waals surface area (Å²) in [7, 11) is 0. The summed E-state index contributed by atoms with van der Waals surface area (Å²) in [5.74, 6) is 5.67. The fourth-order valence-electron chi connectivity index (χ4n) is 2.16. The van der Waals surface area contributed by atoms with Crippen LogP contribution in [0.4, 0.5) is 0 Å². The van der Waals surface area contributed by atoms with Gasteiger partial charge in [-0.3, -0.25) is 10.8 Å². The Balaban J connectivity index is 2.31. The number of benzene rings is 1. The van der Waals surface area contributed by atoms with Crippen LogP contribution in [-0.4, -0.2) is 24.5 Å². The second-order valence-electron chi connectivity index (χ2n) is 4.38. The summed E-state index contributed by atoms with van der Waals surface area (Å²) in [6.07, 6.45) is 1.37. The first-order valence-electron chi connectivity index (χ1n) is 6.84. The number of rotatable bonds is 7. The van der Waals surface area contributed by atoms with Crippen LogP contribution in [0.2, 0.25) is 0 Å². The molecular weight excluding hydrogens is 254 g/mol. The van der Waals surface area contributed by atoms with Crippen LogP contribution in [0.5, 0.6) is 0 Å². The Bertz CT molecular complexity index is 541. The van der Waals surface area contributed by atoms with Crippen LogP contribution in [0.1, 0.15) is 25.5 Å². The van der Waals surface area contributed by atoms with Gasteiger partial charge in [0.1, 0.15) is 0 Å². The van der Waals surface area contributed by atoms with E-state index in [1.54, 1.807) is 6.20 Å². The first-order chi connectivity index (χ1) is 9.80. The SMILES string of the molecule is CCOC(OCC)C(NN)c1cnc2ccccc2c1. The third kappa shape index (κ3) is 3.32. The molecule has 3 N–H and O–H groups in total. The average Bonchev–Trinajstić information content (AvgIpc) is 2.48. The van der Waals surface area contributed by atoms with Gasteiger partial charge >= 0.3 is 0 Å². The number of fused-ring (bicyclic) bond motifs is 1. The van der Waals surface area contributed by atoms with Gasteiger partial charge in [0.05, 0.1) is 11.6 Å². The summed E-state index contributed by atoms with van der Waals surface area (Å²) in [5.41, 5.74) is 4.66. The molecule has 1 aromatic heterocycles. The lowest BCUT2D eigenvalue weighted by Crippen LogP contribution is -2.39. The van der Waals surface area contributed by atoms with Crippen LogP contribution in [0.3, 0.4) is 0 Å². The maximum Gasteiger partial charge on any atom is 0.178 e. The minimum Gasteiger partial charge on any atom is -0.351 e. The molecular formula is C15H21N3O2. The Morgan fingerprint density at radius 1 is 1.20 bits per heavy atom. The van der Waals surface area contributed by atoms with Crippen molar-refractivity contribution in [1.82, 2.24) is 10.4 Å². The van der Waals surface area contributed by atoms with Gasteiger partial charge in [0, 0.05) is 24.8 Å². The fourth-order valence-corrected chi connectivity index (χ4v) is 2.16. The zero-order valence-corrected chi connectivity index (χ0v) is 11.9. The number of para-hydroxylation sites is 1. The predicted molar refractivity (Wildman–Crippen MR) is 78.8 cm³/mol. The number of hydrogen-bond donors (Lipinski definition) is 2. The van der Waals surface area contributed by atoms with Crippen molar-refractivity contribution in [2.24, 2.45) is 5.84 Å². The van der Waals surface area contributed by atoms with Crippen molar-refractivity contribution < 1.29 is 9.47 Å². The van der Waals surface area contributed by atoms with Crippen LogP contribution in [0, 0.1) is 0 Å². The molecule has 1 atom stereocenters. The smallest absolute Gasteiger partial charge is 0.178 e. The standard InChI is InChI=1S/C15H21N3O2/c1-3-19-15(20-4-2)14(18-16)12-9-11-7-5-6-8-13(11)17-10-12/h5-10,14-15,18H,3-4,16H2,1-2H3. The number of nitrogens with one attached hydrogen (secondary N) is 1. The summed E-state index contributed by atoms with van der Waals surface area (Å²) in [6, 6.07) is 9.75. The highest BCUT2D eigenvalue weighted by atomic mass is 16.7. The van der Waals surface area contributed by atoms with Crippen molar-refractivity contribution in [2.75, 3.05) is 13.2 Å². The van der Waals surface area contributed by atoms with Gasteiger partial charge in [-0.05, 0) is 31.5 Å². The number of nitrogens with zero attached hydrogens (tertiary/aromatic N) is 1. The maximum atomic E-state index is 5.67. The average molecular weight is 275 g/mol. The lowest BCUT2D eigenvalue weighted by atomic mass is 10.1. The van der Waals surface area contributed by atoms with Gasteiger partial charge in [-0.25, -0.2) is 5.43 Å². The van der Waals surface area contributed by atoms with E-state index in [1.807, 2.05) is 38.1 Å². The van der Waals surface area contributed by atoms with E-state index in [9.17, 15) is 0 Å². The molecule has 108 valence electrons. The molecule has 0 aliphatic carbocycles. The molecule has 1 unspecified atom stereocenters. The Kier molecular flexibility index (Phi) is 5.43. The molecule has 0 bridgehead atoms. The van der Waals surface area contributed by atoms with E-state index in [2.05, 4.69) is 16.5 Å². The maximum absolute atomic E-state index is 5.67. The zero-order valence-electron chi connectivity index (χ0n) is 11.9. The molecule has 5 heteroatoms. The molecule has 0 aliphatic rings. The third-order valence-electron chi connectivity index (χ3n) is 3.08. The summed E-state index contributed by atoms with van der Waals surface area (Å²) in [4.78, 5) is 4.45. The van der Waals surface area contributed by atoms with E-state index < -0.39 is 6.29 Å². The van der Waals surface area contributed by atoms with Crippen LogP contribution >= 0.6 is 0 Å². The largest absolute Gasteiger partial charge is 0.351 e. The lowest BCUT2D eigenvalue weighted by molar-refractivity contribution is -0.155. The number of hydrogen-bond acceptors (Lipinski definition) is 5. The first-order valence-corrected chi connectivity index (χ1v) is 6.84. The van der Waals surface area contributed by atoms with Crippen LogP contribution < -0.4 is 11.3 Å². The Hall–Kier alpha value is -1.53. The fraction of sp³-hybridized carbons (Fsp3) is 0.400. The van der Waals surface area contributed by atoms with Crippen molar-refractivity contribution in [3.8, 4) is 0 Å². The molecule has 0 aliphatic heterocycles. The highest BCUT2D eigenvalue weighted by molar-refractivity contribution is 5.78. The van der Waals surface area contributed by atoms with Gasteiger partial charge in [-0.1, -0.05) is 18.2 Å². The zero-order chi connectivity index (χ0) is 14.4. The molecule has 0 radical (unpaired) electrons. The molecule has 0 amide bonds. The monoisotopic (exact) mass is 275 g/mol. The third-order valence-corrected chi connectivity index (χ3v) is 3.08. The molecule has 5 nitrogen and oxygen atoms in total. The summed E-state index contributed by atoms with van der Waals surface area (Å²) >= 11 is 0. The van der Waals surface area contributed by atoms with E-state index in [0.717, 1.165) is 16.5 Å². The van der Waals surface area contributed by atoms with E-state index in [4.69, 9.17) is 15.3 Å². The van der Waals surface area contributed by atoms with Crippen molar-refractivity contribution in [1.29, 1.82) is 0 Å². The Morgan fingerprint density at radius 2 is 1.90 bits per heavy atom. The summed E-state index contributed by atoms with van der Waals surface area (Å²) in [6.45, 7) is 4.98. The molecule has 1 heterocycles.